The summed E-state index contributed by atoms with van der Waals surface area (Å²) in [4.78, 5) is 0. The van der Waals surface area contributed by atoms with Gasteiger partial charge < -0.3 is 9.47 Å². The molecule has 0 bridgehead atoms. The van der Waals surface area contributed by atoms with E-state index in [-0.39, 0.29) is 11.6 Å². The van der Waals surface area contributed by atoms with Crippen LogP contribution in [0.15, 0.2) is 0 Å². The third-order valence-electron chi connectivity index (χ3n) is 4.52. The molecule has 1 aliphatic carbocycles. The number of hydrazine groups is 1. The average Bonchev–Trinajstić information content (AvgIpc) is 3.02. The van der Waals surface area contributed by atoms with Crippen molar-refractivity contribution in [2.75, 3.05) is 13.2 Å². The van der Waals surface area contributed by atoms with Gasteiger partial charge in [0.25, 0.3) is 0 Å². The number of nitrogens with two attached hydrogens (primary N) is 1. The summed E-state index contributed by atoms with van der Waals surface area (Å²) in [6.07, 6.45) is 9.82. The van der Waals surface area contributed by atoms with Crippen molar-refractivity contribution in [1.82, 2.24) is 5.43 Å². The van der Waals surface area contributed by atoms with Gasteiger partial charge in [0.15, 0.2) is 0 Å². The molecule has 18 heavy (non-hydrogen) atoms. The Bertz CT molecular complexity index is 236. The zero-order valence-electron chi connectivity index (χ0n) is 11.6. The van der Waals surface area contributed by atoms with Crippen LogP contribution in [0, 0.1) is 0 Å². The molecule has 106 valence electrons. The van der Waals surface area contributed by atoms with Crippen molar-refractivity contribution in [2.45, 2.75) is 76.0 Å². The standard InChI is InChI=1S/C14H28N2O2/c1-2-18-14(9-3-4-10-14)13(16-15)8-7-12-6-5-11-17-12/h12-13,16H,2-11,15H2,1H3. The van der Waals surface area contributed by atoms with Crippen LogP contribution in [0.25, 0.3) is 0 Å². The minimum absolute atomic E-state index is 0.0257. The number of nitrogens with one attached hydrogen (secondary N) is 1. The third kappa shape index (κ3) is 3.23. The van der Waals surface area contributed by atoms with E-state index in [0.717, 1.165) is 38.9 Å². The van der Waals surface area contributed by atoms with E-state index in [4.69, 9.17) is 15.3 Å². The highest BCUT2D eigenvalue weighted by Crippen LogP contribution is 2.38. The van der Waals surface area contributed by atoms with Gasteiger partial charge in [-0.25, -0.2) is 0 Å². The topological polar surface area (TPSA) is 56.5 Å². The quantitative estimate of drug-likeness (QED) is 0.541. The van der Waals surface area contributed by atoms with Crippen LogP contribution in [-0.2, 0) is 9.47 Å². The Morgan fingerprint density at radius 1 is 1.39 bits per heavy atom. The minimum atomic E-state index is -0.0257. The molecule has 3 N–H and O–H groups in total. The van der Waals surface area contributed by atoms with Gasteiger partial charge >= 0.3 is 0 Å². The van der Waals surface area contributed by atoms with Gasteiger partial charge in [0, 0.05) is 13.2 Å². The summed E-state index contributed by atoms with van der Waals surface area (Å²) in [6.45, 7) is 3.79. The normalized spacial score (nSPS) is 28.7. The second-order valence-corrected chi connectivity index (χ2v) is 5.64. The van der Waals surface area contributed by atoms with E-state index in [1.165, 1.54) is 25.7 Å². The zero-order chi connectivity index (χ0) is 12.8. The molecule has 0 amide bonds. The van der Waals surface area contributed by atoms with Crippen molar-refractivity contribution >= 4 is 0 Å². The van der Waals surface area contributed by atoms with Crippen LogP contribution in [-0.4, -0.2) is 31.0 Å². The lowest BCUT2D eigenvalue weighted by molar-refractivity contribution is -0.0657. The molecular formula is C14H28N2O2. The fraction of sp³-hybridized carbons (Fsp3) is 1.00. The second-order valence-electron chi connectivity index (χ2n) is 5.64. The van der Waals surface area contributed by atoms with Crippen molar-refractivity contribution in [3.63, 3.8) is 0 Å². The second kappa shape index (κ2) is 6.85. The Kier molecular flexibility index (Phi) is 5.42. The molecule has 2 aliphatic rings. The number of hydrogen-bond donors (Lipinski definition) is 2. The van der Waals surface area contributed by atoms with E-state index in [9.17, 15) is 0 Å². The molecular weight excluding hydrogens is 228 g/mol. The van der Waals surface area contributed by atoms with Crippen LogP contribution in [0.5, 0.6) is 0 Å². The van der Waals surface area contributed by atoms with Gasteiger partial charge in [-0.05, 0) is 45.4 Å². The predicted octanol–water partition coefficient (Wildman–Crippen LogP) is 2.13. The van der Waals surface area contributed by atoms with Crippen molar-refractivity contribution in [1.29, 1.82) is 0 Å². The molecule has 0 aromatic carbocycles. The monoisotopic (exact) mass is 256 g/mol. The van der Waals surface area contributed by atoms with Gasteiger partial charge in [0.1, 0.15) is 0 Å². The third-order valence-corrected chi connectivity index (χ3v) is 4.52. The highest BCUT2D eigenvalue weighted by Gasteiger charge is 2.41. The molecule has 1 saturated carbocycles. The van der Waals surface area contributed by atoms with E-state index in [2.05, 4.69) is 12.3 Å². The Hall–Kier alpha value is -0.160. The Morgan fingerprint density at radius 3 is 2.72 bits per heavy atom. The van der Waals surface area contributed by atoms with Gasteiger partial charge in [-0.1, -0.05) is 12.8 Å². The molecule has 2 unspecified atom stereocenters. The van der Waals surface area contributed by atoms with Gasteiger partial charge in [0.05, 0.1) is 17.7 Å². The predicted molar refractivity (Wildman–Crippen MR) is 72.1 cm³/mol. The lowest BCUT2D eigenvalue weighted by Crippen LogP contribution is -2.53. The Labute approximate surface area is 111 Å². The smallest absolute Gasteiger partial charge is 0.0848 e. The maximum Gasteiger partial charge on any atom is 0.0848 e. The van der Waals surface area contributed by atoms with Crippen LogP contribution in [0.4, 0.5) is 0 Å². The fourth-order valence-corrected chi connectivity index (χ4v) is 3.58. The number of rotatable bonds is 7. The van der Waals surface area contributed by atoms with Crippen molar-refractivity contribution in [3.05, 3.63) is 0 Å². The molecule has 0 aromatic heterocycles. The molecule has 2 rings (SSSR count). The number of hydrogen-bond acceptors (Lipinski definition) is 4. The molecule has 4 nitrogen and oxygen atoms in total. The number of ether oxygens (including phenoxy) is 2. The fourth-order valence-electron chi connectivity index (χ4n) is 3.58. The van der Waals surface area contributed by atoms with Crippen LogP contribution in [0.3, 0.4) is 0 Å². The Balaban J connectivity index is 1.88. The molecule has 2 atom stereocenters. The summed E-state index contributed by atoms with van der Waals surface area (Å²) < 4.78 is 11.8. The summed E-state index contributed by atoms with van der Waals surface area (Å²) in [6, 6.07) is 0.268. The largest absolute Gasteiger partial charge is 0.378 e. The van der Waals surface area contributed by atoms with Crippen molar-refractivity contribution < 1.29 is 9.47 Å². The minimum Gasteiger partial charge on any atom is -0.378 e. The van der Waals surface area contributed by atoms with Crippen LogP contribution in [0.2, 0.25) is 0 Å². The molecule has 4 heteroatoms. The van der Waals surface area contributed by atoms with Crippen molar-refractivity contribution in [3.8, 4) is 0 Å². The SMILES string of the molecule is CCOC1(C(CCC2CCCO2)NN)CCCC1. The summed E-state index contributed by atoms with van der Waals surface area (Å²) >= 11 is 0. The van der Waals surface area contributed by atoms with Gasteiger partial charge in [-0.15, -0.1) is 0 Å². The summed E-state index contributed by atoms with van der Waals surface area (Å²) in [5.74, 6) is 5.78. The highest BCUT2D eigenvalue weighted by molar-refractivity contribution is 4.96. The van der Waals surface area contributed by atoms with Crippen LogP contribution < -0.4 is 11.3 Å². The molecule has 1 heterocycles. The van der Waals surface area contributed by atoms with E-state index in [1.54, 1.807) is 0 Å². The van der Waals surface area contributed by atoms with E-state index in [0.29, 0.717) is 6.10 Å². The molecule has 0 aromatic rings. The molecule has 0 spiro atoms. The molecule has 2 fully saturated rings. The first-order chi connectivity index (χ1) is 8.80. The lowest BCUT2D eigenvalue weighted by atomic mass is 9.88. The first-order valence-electron chi connectivity index (χ1n) is 7.52. The maximum absolute atomic E-state index is 6.08. The first kappa shape index (κ1) is 14.3. The van der Waals surface area contributed by atoms with Crippen molar-refractivity contribution in [2.24, 2.45) is 5.84 Å². The summed E-state index contributed by atoms with van der Waals surface area (Å²) in [5.41, 5.74) is 2.99. The zero-order valence-corrected chi connectivity index (χ0v) is 11.6. The highest BCUT2D eigenvalue weighted by atomic mass is 16.5. The van der Waals surface area contributed by atoms with Crippen LogP contribution >= 0.6 is 0 Å². The van der Waals surface area contributed by atoms with E-state index < -0.39 is 0 Å². The van der Waals surface area contributed by atoms with Gasteiger partial charge in [-0.3, -0.25) is 11.3 Å². The Morgan fingerprint density at radius 2 is 2.17 bits per heavy atom. The lowest BCUT2D eigenvalue weighted by Gasteiger charge is -2.37. The molecule has 1 aliphatic heterocycles. The van der Waals surface area contributed by atoms with E-state index in [1.807, 2.05) is 0 Å². The summed E-state index contributed by atoms with van der Waals surface area (Å²) in [5, 5.41) is 0. The van der Waals surface area contributed by atoms with Gasteiger partial charge in [0.2, 0.25) is 0 Å². The molecule has 1 saturated heterocycles. The van der Waals surface area contributed by atoms with Crippen LogP contribution in [0.1, 0.15) is 58.3 Å². The average molecular weight is 256 g/mol. The first-order valence-corrected chi connectivity index (χ1v) is 7.52. The van der Waals surface area contributed by atoms with E-state index >= 15 is 0 Å². The van der Waals surface area contributed by atoms with Gasteiger partial charge in [-0.2, -0.15) is 0 Å². The molecule has 0 radical (unpaired) electrons. The summed E-state index contributed by atoms with van der Waals surface area (Å²) in [7, 11) is 0. The maximum atomic E-state index is 6.08.